The van der Waals surface area contributed by atoms with Gasteiger partial charge in [-0.3, -0.25) is 14.5 Å². The maximum Gasteiger partial charge on any atom is 0.291 e. The third kappa shape index (κ3) is 5.08. The molecule has 5 nitrogen and oxygen atoms in total. The number of benzene rings is 1. The molecule has 7 heteroatoms. The molecule has 0 saturated carbocycles. The summed E-state index contributed by atoms with van der Waals surface area (Å²) in [5.41, 5.74) is 0.960. The van der Waals surface area contributed by atoms with Crippen LogP contribution in [0.1, 0.15) is 32.3 Å². The van der Waals surface area contributed by atoms with Gasteiger partial charge in [-0.25, -0.2) is 0 Å². The lowest BCUT2D eigenvalue weighted by Gasteiger charge is -2.19. The van der Waals surface area contributed by atoms with E-state index in [1.54, 1.807) is 16.9 Å². The second kappa shape index (κ2) is 9.73. The Morgan fingerprint density at radius 1 is 1.27 bits per heavy atom. The van der Waals surface area contributed by atoms with Crippen molar-refractivity contribution in [3.8, 4) is 5.75 Å². The zero-order valence-corrected chi connectivity index (χ0v) is 17.0. The normalized spacial score (nSPS) is 15.7. The number of amides is 2. The van der Waals surface area contributed by atoms with Crippen LogP contribution < -0.4 is 4.74 Å². The third-order valence-corrected chi connectivity index (χ3v) is 5.67. The molecule has 1 aliphatic heterocycles. The lowest BCUT2D eigenvalue weighted by Crippen LogP contribution is -2.32. The van der Waals surface area contributed by atoms with Gasteiger partial charge in [-0.05, 0) is 55.8 Å². The van der Waals surface area contributed by atoms with Gasteiger partial charge in [0.25, 0.3) is 5.24 Å². The molecule has 1 aromatic rings. The van der Waals surface area contributed by atoms with Crippen molar-refractivity contribution in [1.82, 2.24) is 9.80 Å². The first-order valence-corrected chi connectivity index (χ1v) is 9.89. The largest absolute Gasteiger partial charge is 0.497 e. The second-order valence-corrected chi connectivity index (χ2v) is 7.16. The van der Waals surface area contributed by atoms with E-state index in [0.717, 1.165) is 28.0 Å². The molecule has 0 aliphatic carbocycles. The van der Waals surface area contributed by atoms with Crippen molar-refractivity contribution in [2.24, 2.45) is 0 Å². The van der Waals surface area contributed by atoms with Crippen LogP contribution in [0.4, 0.5) is 4.79 Å². The average Bonchev–Trinajstić information content (AvgIpc) is 2.90. The smallest absolute Gasteiger partial charge is 0.291 e. The van der Waals surface area contributed by atoms with Crippen molar-refractivity contribution in [1.29, 1.82) is 0 Å². The maximum absolute atomic E-state index is 12.3. The monoisotopic (exact) mass is 392 g/mol. The van der Waals surface area contributed by atoms with Crippen LogP contribution in [0.5, 0.6) is 5.75 Å². The molecule has 0 N–H and O–H groups in total. The average molecular weight is 393 g/mol. The molecule has 0 spiro atoms. The minimum Gasteiger partial charge on any atom is -0.497 e. The summed E-state index contributed by atoms with van der Waals surface area (Å²) in [7, 11) is 1.62. The predicted molar refractivity (Wildman–Crippen MR) is 110 cm³/mol. The van der Waals surface area contributed by atoms with Gasteiger partial charge in [-0.2, -0.15) is 0 Å². The van der Waals surface area contributed by atoms with Crippen LogP contribution in [0.3, 0.4) is 0 Å². The Hall–Kier alpha value is -1.86. The summed E-state index contributed by atoms with van der Waals surface area (Å²) in [5, 5.41) is -0.0787. The lowest BCUT2D eigenvalue weighted by atomic mass is 10.2. The van der Waals surface area contributed by atoms with Crippen molar-refractivity contribution >= 4 is 46.2 Å². The number of rotatable bonds is 8. The van der Waals surface area contributed by atoms with E-state index in [2.05, 4.69) is 0 Å². The summed E-state index contributed by atoms with van der Waals surface area (Å²) in [5.74, 6) is 0.901. The summed E-state index contributed by atoms with van der Waals surface area (Å²) >= 11 is 6.60. The Bertz CT molecular complexity index is 697. The molecule has 0 unspecified atom stereocenters. The molecular weight excluding hydrogens is 368 g/mol. The van der Waals surface area contributed by atoms with Gasteiger partial charge >= 0.3 is 0 Å². The molecule has 1 aromatic carbocycles. The number of thioether (sulfide) groups is 1. The van der Waals surface area contributed by atoms with Crippen LogP contribution in [-0.4, -0.2) is 52.7 Å². The lowest BCUT2D eigenvalue weighted by molar-refractivity contribution is -0.130. The van der Waals surface area contributed by atoms with Gasteiger partial charge in [-0.1, -0.05) is 24.4 Å². The van der Waals surface area contributed by atoms with Crippen molar-refractivity contribution in [2.45, 2.75) is 26.7 Å². The van der Waals surface area contributed by atoms with Crippen LogP contribution in [-0.2, 0) is 4.79 Å². The Morgan fingerprint density at radius 2 is 1.92 bits per heavy atom. The topological polar surface area (TPSA) is 49.9 Å². The van der Waals surface area contributed by atoms with Crippen molar-refractivity contribution in [2.75, 3.05) is 26.7 Å². The fourth-order valence-corrected chi connectivity index (χ4v) is 3.96. The highest BCUT2D eigenvalue weighted by molar-refractivity contribution is 8.19. The summed E-state index contributed by atoms with van der Waals surface area (Å²) in [6, 6.07) is 7.58. The van der Waals surface area contributed by atoms with E-state index in [1.807, 2.05) is 44.2 Å². The summed E-state index contributed by atoms with van der Waals surface area (Å²) in [6.07, 6.45) is 2.94. The van der Waals surface area contributed by atoms with E-state index >= 15 is 0 Å². The molecule has 0 aromatic heterocycles. The molecule has 1 saturated heterocycles. The van der Waals surface area contributed by atoms with Crippen molar-refractivity contribution in [3.05, 3.63) is 34.7 Å². The van der Waals surface area contributed by atoms with Gasteiger partial charge in [0.1, 0.15) is 10.7 Å². The van der Waals surface area contributed by atoms with Crippen LogP contribution in [0.25, 0.3) is 6.08 Å². The molecule has 1 fully saturated rings. The van der Waals surface area contributed by atoms with E-state index in [-0.39, 0.29) is 11.1 Å². The standard InChI is InChI=1S/C19H24N2O3S2/c1-4-20(5-2)17(22)7-6-12-21-18(25)16(26-19(21)23)13-14-8-10-15(24-3)11-9-14/h8-11,13H,4-7,12H2,1-3H3. The predicted octanol–water partition coefficient (Wildman–Crippen LogP) is 4.18. The van der Waals surface area contributed by atoms with Crippen LogP contribution in [0.15, 0.2) is 29.2 Å². The van der Waals surface area contributed by atoms with Crippen LogP contribution >= 0.6 is 24.0 Å². The second-order valence-electron chi connectivity index (χ2n) is 5.78. The molecule has 140 valence electrons. The third-order valence-electron chi connectivity index (χ3n) is 4.18. The molecule has 1 heterocycles. The summed E-state index contributed by atoms with van der Waals surface area (Å²) in [6.45, 7) is 5.82. The molecule has 2 rings (SSSR count). The van der Waals surface area contributed by atoms with Gasteiger partial charge in [0.15, 0.2) is 0 Å². The van der Waals surface area contributed by atoms with Crippen molar-refractivity contribution in [3.63, 3.8) is 0 Å². The first-order chi connectivity index (χ1) is 12.5. The number of thiocarbonyl (C=S) groups is 1. The van der Waals surface area contributed by atoms with E-state index < -0.39 is 0 Å². The first kappa shape index (κ1) is 20.5. The maximum atomic E-state index is 12.3. The SMILES string of the molecule is CCN(CC)C(=O)CCCN1C(=O)SC(=Cc2ccc(OC)cc2)C1=S. The highest BCUT2D eigenvalue weighted by Crippen LogP contribution is 2.33. The fourth-order valence-electron chi connectivity index (χ4n) is 2.67. The van der Waals surface area contributed by atoms with E-state index in [1.165, 1.54) is 0 Å². The molecular formula is C19H24N2O3S2. The minimum atomic E-state index is -0.0787. The zero-order valence-electron chi connectivity index (χ0n) is 15.4. The summed E-state index contributed by atoms with van der Waals surface area (Å²) in [4.78, 5) is 29.0. The quantitative estimate of drug-likeness (QED) is 0.491. The Kier molecular flexibility index (Phi) is 7.66. The van der Waals surface area contributed by atoms with Gasteiger partial charge in [0.05, 0.1) is 12.0 Å². The number of methoxy groups -OCH3 is 1. The number of nitrogens with zero attached hydrogens (tertiary/aromatic N) is 2. The number of hydrogen-bond acceptors (Lipinski definition) is 5. The summed E-state index contributed by atoms with van der Waals surface area (Å²) < 4.78 is 5.15. The molecule has 0 radical (unpaired) electrons. The molecule has 1 aliphatic rings. The molecule has 26 heavy (non-hydrogen) atoms. The Labute approximate surface area is 164 Å². The van der Waals surface area contributed by atoms with Crippen molar-refractivity contribution < 1.29 is 14.3 Å². The highest BCUT2D eigenvalue weighted by atomic mass is 32.2. The Balaban J connectivity index is 1.95. The zero-order chi connectivity index (χ0) is 19.1. The van der Waals surface area contributed by atoms with Gasteiger partial charge in [0.2, 0.25) is 5.91 Å². The van der Waals surface area contributed by atoms with E-state index in [4.69, 9.17) is 17.0 Å². The first-order valence-electron chi connectivity index (χ1n) is 8.67. The number of ether oxygens (including phenoxy) is 1. The van der Waals surface area contributed by atoms with E-state index in [0.29, 0.717) is 37.5 Å². The van der Waals surface area contributed by atoms with Gasteiger partial charge in [0, 0.05) is 26.1 Å². The molecule has 0 atom stereocenters. The highest BCUT2D eigenvalue weighted by Gasteiger charge is 2.31. The van der Waals surface area contributed by atoms with Crippen LogP contribution in [0.2, 0.25) is 0 Å². The molecule has 2 amide bonds. The van der Waals surface area contributed by atoms with E-state index in [9.17, 15) is 9.59 Å². The fraction of sp³-hybridized carbons (Fsp3) is 0.421. The molecule has 0 bridgehead atoms. The minimum absolute atomic E-state index is 0.0787. The van der Waals surface area contributed by atoms with Gasteiger partial charge < -0.3 is 9.64 Å². The number of carbonyl (C=O) groups excluding carboxylic acids is 2. The number of carbonyl (C=O) groups is 2. The number of hydrogen-bond donors (Lipinski definition) is 0. The van der Waals surface area contributed by atoms with Gasteiger partial charge in [-0.15, -0.1) is 0 Å². The Morgan fingerprint density at radius 3 is 2.50 bits per heavy atom. The van der Waals surface area contributed by atoms with Crippen LogP contribution in [0, 0.1) is 0 Å².